The van der Waals surface area contributed by atoms with E-state index in [0.29, 0.717) is 10.7 Å². The second-order valence-electron chi connectivity index (χ2n) is 3.61. The van der Waals surface area contributed by atoms with Crippen LogP contribution in [0, 0.1) is 13.8 Å². The van der Waals surface area contributed by atoms with Crippen LogP contribution in [-0.4, -0.2) is 0 Å². The van der Waals surface area contributed by atoms with Gasteiger partial charge in [-0.3, -0.25) is 0 Å². The van der Waals surface area contributed by atoms with Gasteiger partial charge in [-0.25, -0.2) is 0 Å². The van der Waals surface area contributed by atoms with E-state index in [9.17, 15) is 0 Å². The van der Waals surface area contributed by atoms with Gasteiger partial charge < -0.3 is 5.73 Å². The summed E-state index contributed by atoms with van der Waals surface area (Å²) in [6.07, 6.45) is 0. The summed E-state index contributed by atoms with van der Waals surface area (Å²) in [5.74, 6) is 0. The van der Waals surface area contributed by atoms with E-state index in [1.807, 2.05) is 18.2 Å². The Bertz CT molecular complexity index is 502. The third kappa shape index (κ3) is 2.01. The van der Waals surface area contributed by atoms with Crippen molar-refractivity contribution < 1.29 is 0 Å². The summed E-state index contributed by atoms with van der Waals surface area (Å²) >= 11 is 7.67. The molecular weight excluding hydrogens is 226 g/mol. The van der Waals surface area contributed by atoms with Gasteiger partial charge in [0, 0.05) is 9.75 Å². The lowest BCUT2D eigenvalue weighted by Crippen LogP contribution is -1.86. The number of halogens is 1. The van der Waals surface area contributed by atoms with Gasteiger partial charge in [-0.1, -0.05) is 17.7 Å². The van der Waals surface area contributed by atoms with Crippen LogP contribution in [-0.2, 0) is 0 Å². The number of anilines is 1. The summed E-state index contributed by atoms with van der Waals surface area (Å²) in [6.45, 7) is 4.23. The number of thiophene rings is 1. The van der Waals surface area contributed by atoms with E-state index in [-0.39, 0.29) is 0 Å². The number of aryl methyl sites for hydroxylation is 2. The van der Waals surface area contributed by atoms with E-state index < -0.39 is 0 Å². The third-order valence-electron chi connectivity index (χ3n) is 2.30. The van der Waals surface area contributed by atoms with Crippen LogP contribution in [0.15, 0.2) is 24.3 Å². The molecule has 78 valence electrons. The predicted octanol–water partition coefficient (Wildman–Crippen LogP) is 4.27. The number of rotatable bonds is 1. The molecule has 0 atom stereocenters. The Morgan fingerprint density at radius 3 is 2.47 bits per heavy atom. The predicted molar refractivity (Wildman–Crippen MR) is 68.7 cm³/mol. The van der Waals surface area contributed by atoms with Gasteiger partial charge in [-0.05, 0) is 43.2 Å². The molecule has 1 aromatic heterocycles. The Hall–Kier alpha value is -0.990. The smallest absolute Gasteiger partial charge is 0.0635 e. The van der Waals surface area contributed by atoms with Crippen molar-refractivity contribution in [2.75, 3.05) is 5.73 Å². The molecule has 0 aliphatic heterocycles. The number of nitrogen functional groups attached to an aromatic ring is 1. The summed E-state index contributed by atoms with van der Waals surface area (Å²) in [5.41, 5.74) is 8.86. The van der Waals surface area contributed by atoms with E-state index in [1.54, 1.807) is 11.3 Å². The minimum atomic E-state index is 0.615. The average molecular weight is 238 g/mol. The highest BCUT2D eigenvalue weighted by atomic mass is 35.5. The van der Waals surface area contributed by atoms with E-state index in [1.165, 1.54) is 15.3 Å². The van der Waals surface area contributed by atoms with Crippen LogP contribution in [0.5, 0.6) is 0 Å². The zero-order valence-electron chi connectivity index (χ0n) is 8.67. The fourth-order valence-corrected chi connectivity index (χ4v) is 2.75. The van der Waals surface area contributed by atoms with Gasteiger partial charge in [-0.15, -0.1) is 11.3 Å². The lowest BCUT2D eigenvalue weighted by molar-refractivity contribution is 1.50. The van der Waals surface area contributed by atoms with Gasteiger partial charge >= 0.3 is 0 Å². The van der Waals surface area contributed by atoms with Crippen LogP contribution in [0.2, 0.25) is 5.02 Å². The first-order valence-electron chi connectivity index (χ1n) is 4.70. The van der Waals surface area contributed by atoms with E-state index in [2.05, 4.69) is 19.9 Å². The average Bonchev–Trinajstić information content (AvgIpc) is 2.50. The van der Waals surface area contributed by atoms with E-state index >= 15 is 0 Å². The summed E-state index contributed by atoms with van der Waals surface area (Å²) in [5, 5.41) is 0.615. The summed E-state index contributed by atoms with van der Waals surface area (Å²) in [7, 11) is 0. The topological polar surface area (TPSA) is 26.0 Å². The standard InChI is InChI=1S/C12H12ClNS/c1-7-5-8(2)15-12(7)9-3-4-10(13)11(14)6-9/h3-6H,14H2,1-2H3. The van der Waals surface area contributed by atoms with Gasteiger partial charge in [0.25, 0.3) is 0 Å². The molecule has 0 aliphatic rings. The van der Waals surface area contributed by atoms with Crippen LogP contribution in [0.4, 0.5) is 5.69 Å². The molecule has 15 heavy (non-hydrogen) atoms. The zero-order chi connectivity index (χ0) is 11.0. The minimum absolute atomic E-state index is 0.615. The van der Waals surface area contributed by atoms with Crippen molar-refractivity contribution in [1.29, 1.82) is 0 Å². The number of hydrogen-bond donors (Lipinski definition) is 1. The fourth-order valence-electron chi connectivity index (χ4n) is 1.61. The van der Waals surface area contributed by atoms with Crippen LogP contribution in [0.1, 0.15) is 10.4 Å². The molecule has 1 heterocycles. The minimum Gasteiger partial charge on any atom is -0.398 e. The Labute approximate surface area is 98.5 Å². The first kappa shape index (κ1) is 10.5. The Morgan fingerprint density at radius 1 is 1.20 bits per heavy atom. The maximum Gasteiger partial charge on any atom is 0.0635 e. The molecule has 2 N–H and O–H groups in total. The molecular formula is C12H12ClNS. The summed E-state index contributed by atoms with van der Waals surface area (Å²) in [4.78, 5) is 2.59. The van der Waals surface area contributed by atoms with Crippen LogP contribution < -0.4 is 5.73 Å². The number of nitrogens with two attached hydrogens (primary N) is 1. The van der Waals surface area contributed by atoms with Crippen molar-refractivity contribution in [3.05, 3.63) is 39.7 Å². The maximum absolute atomic E-state index is 5.89. The molecule has 0 fully saturated rings. The molecule has 0 saturated heterocycles. The molecule has 0 saturated carbocycles. The maximum atomic E-state index is 5.89. The van der Waals surface area contributed by atoms with E-state index in [4.69, 9.17) is 17.3 Å². The number of hydrogen-bond acceptors (Lipinski definition) is 2. The van der Waals surface area contributed by atoms with Crippen molar-refractivity contribution in [2.24, 2.45) is 0 Å². The largest absolute Gasteiger partial charge is 0.398 e. The molecule has 0 unspecified atom stereocenters. The van der Waals surface area contributed by atoms with Crippen LogP contribution in [0.3, 0.4) is 0 Å². The molecule has 3 heteroatoms. The molecule has 0 bridgehead atoms. The Balaban J connectivity index is 2.54. The fraction of sp³-hybridized carbons (Fsp3) is 0.167. The van der Waals surface area contributed by atoms with Gasteiger partial charge in [-0.2, -0.15) is 0 Å². The monoisotopic (exact) mass is 237 g/mol. The molecule has 1 aromatic carbocycles. The van der Waals surface area contributed by atoms with Gasteiger partial charge in [0.05, 0.1) is 10.7 Å². The summed E-state index contributed by atoms with van der Waals surface area (Å²) < 4.78 is 0. The zero-order valence-corrected chi connectivity index (χ0v) is 10.2. The van der Waals surface area contributed by atoms with E-state index in [0.717, 1.165) is 5.56 Å². The van der Waals surface area contributed by atoms with Crippen molar-refractivity contribution >= 4 is 28.6 Å². The van der Waals surface area contributed by atoms with Gasteiger partial charge in [0.2, 0.25) is 0 Å². The van der Waals surface area contributed by atoms with Crippen molar-refractivity contribution in [1.82, 2.24) is 0 Å². The first-order valence-corrected chi connectivity index (χ1v) is 5.90. The molecule has 0 radical (unpaired) electrons. The van der Waals surface area contributed by atoms with Gasteiger partial charge in [0.1, 0.15) is 0 Å². The highest BCUT2D eigenvalue weighted by molar-refractivity contribution is 7.15. The normalized spacial score (nSPS) is 10.6. The highest BCUT2D eigenvalue weighted by Gasteiger charge is 2.07. The Morgan fingerprint density at radius 2 is 1.93 bits per heavy atom. The lowest BCUT2D eigenvalue weighted by Gasteiger charge is -2.03. The van der Waals surface area contributed by atoms with Crippen molar-refractivity contribution in [2.45, 2.75) is 13.8 Å². The third-order valence-corrected chi connectivity index (χ3v) is 3.84. The molecule has 0 aliphatic carbocycles. The second-order valence-corrected chi connectivity index (χ2v) is 5.27. The van der Waals surface area contributed by atoms with Gasteiger partial charge in [0.15, 0.2) is 0 Å². The quantitative estimate of drug-likeness (QED) is 0.737. The molecule has 0 amide bonds. The Kier molecular flexibility index (Phi) is 2.72. The SMILES string of the molecule is Cc1cc(C)c(-c2ccc(Cl)c(N)c2)s1. The summed E-state index contributed by atoms with van der Waals surface area (Å²) in [6, 6.07) is 7.98. The molecule has 0 spiro atoms. The molecule has 1 nitrogen and oxygen atoms in total. The van der Waals surface area contributed by atoms with Crippen molar-refractivity contribution in [3.8, 4) is 10.4 Å². The number of benzene rings is 1. The second kappa shape index (κ2) is 3.87. The molecule has 2 aromatic rings. The van der Waals surface area contributed by atoms with Crippen LogP contribution >= 0.6 is 22.9 Å². The first-order chi connectivity index (χ1) is 7.08. The molecule has 2 rings (SSSR count). The van der Waals surface area contributed by atoms with Crippen molar-refractivity contribution in [3.63, 3.8) is 0 Å². The van der Waals surface area contributed by atoms with Crippen LogP contribution in [0.25, 0.3) is 10.4 Å². The lowest BCUT2D eigenvalue weighted by atomic mass is 10.1. The highest BCUT2D eigenvalue weighted by Crippen LogP contribution is 2.34.